The summed E-state index contributed by atoms with van der Waals surface area (Å²) in [6.07, 6.45) is -1.47. The lowest BCUT2D eigenvalue weighted by Gasteiger charge is -2.12. The van der Waals surface area contributed by atoms with Gasteiger partial charge in [0, 0.05) is 0 Å². The van der Waals surface area contributed by atoms with Crippen molar-refractivity contribution < 1.29 is 71.4 Å². The van der Waals surface area contributed by atoms with Crippen molar-refractivity contribution >= 4 is 35.8 Å². The summed E-state index contributed by atoms with van der Waals surface area (Å²) in [5, 5.41) is 0. The Labute approximate surface area is 242 Å². The number of methoxy groups -OCH3 is 3. The van der Waals surface area contributed by atoms with Gasteiger partial charge in [0.1, 0.15) is 39.1 Å². The minimum atomic E-state index is -0.726. The molecule has 0 saturated heterocycles. The maximum absolute atomic E-state index is 11.5. The molecule has 0 aliphatic heterocycles. The van der Waals surface area contributed by atoms with Gasteiger partial charge in [-0.15, -0.1) is 0 Å². The van der Waals surface area contributed by atoms with Crippen LogP contribution in [0, 0.1) is 0 Å². The number of hydrogen-bond donors (Lipinski definition) is 0. The predicted molar refractivity (Wildman–Crippen MR) is 138 cm³/mol. The summed E-state index contributed by atoms with van der Waals surface area (Å²) in [5.74, 6) is -4.28. The van der Waals surface area contributed by atoms with Crippen LogP contribution in [0.3, 0.4) is 0 Å². The van der Waals surface area contributed by atoms with Gasteiger partial charge in [-0.3, -0.25) is 28.8 Å². The van der Waals surface area contributed by atoms with Crippen LogP contribution in [0.1, 0.15) is 36.0 Å². The van der Waals surface area contributed by atoms with Crippen molar-refractivity contribution in [2.24, 2.45) is 0 Å². The molecule has 0 aromatic heterocycles. The second-order valence-corrected chi connectivity index (χ2v) is 8.24. The lowest BCUT2D eigenvalue weighted by Crippen LogP contribution is -2.15. The molecule has 0 unspecified atom stereocenters. The van der Waals surface area contributed by atoms with Gasteiger partial charge in [0.2, 0.25) is 0 Å². The zero-order valence-corrected chi connectivity index (χ0v) is 23.8. The van der Waals surface area contributed by atoms with Gasteiger partial charge >= 0.3 is 35.8 Å². The normalized spacial score (nSPS) is 10.4. The Morgan fingerprint density at radius 3 is 0.929 bits per heavy atom. The van der Waals surface area contributed by atoms with E-state index in [-0.39, 0.29) is 59.5 Å². The fourth-order valence-corrected chi connectivity index (χ4v) is 3.03. The molecule has 0 heterocycles. The summed E-state index contributed by atoms with van der Waals surface area (Å²) in [7, 11) is 3.51. The fraction of sp³-hybridized carbons (Fsp3) is 0.556. The summed E-state index contributed by atoms with van der Waals surface area (Å²) in [6, 6.07) is 5.47. The van der Waals surface area contributed by atoms with Crippen molar-refractivity contribution in [2.45, 2.75) is 39.1 Å². The van der Waals surface area contributed by atoms with Gasteiger partial charge in [-0.1, -0.05) is 18.2 Å². The van der Waals surface area contributed by atoms with Gasteiger partial charge < -0.3 is 42.6 Å². The number of carbonyl (C=O) groups excluding carboxylic acids is 6. The van der Waals surface area contributed by atoms with Crippen LogP contribution < -0.4 is 0 Å². The molecule has 0 spiro atoms. The quantitative estimate of drug-likeness (QED) is 0.0824. The number of carbonyl (C=O) groups is 6. The van der Waals surface area contributed by atoms with Gasteiger partial charge in [0.25, 0.3) is 0 Å². The molecule has 42 heavy (non-hydrogen) atoms. The Kier molecular flexibility index (Phi) is 18.5. The molecule has 0 atom stereocenters. The molecule has 0 amide bonds. The Hall–Kier alpha value is -4.08. The summed E-state index contributed by atoms with van der Waals surface area (Å²) >= 11 is 0. The van der Waals surface area contributed by atoms with Gasteiger partial charge in [-0.25, -0.2) is 0 Å². The predicted octanol–water partition coefficient (Wildman–Crippen LogP) is 0.555. The average Bonchev–Trinajstić information content (AvgIpc) is 2.96. The molecule has 1 aromatic rings. The molecule has 0 bridgehead atoms. The number of hydrogen-bond acceptors (Lipinski definition) is 15. The Morgan fingerprint density at radius 2 is 0.690 bits per heavy atom. The fourth-order valence-electron chi connectivity index (χ4n) is 3.03. The highest BCUT2D eigenvalue weighted by molar-refractivity contribution is 5.92. The molecular weight excluding hydrogens is 564 g/mol. The molecule has 0 aliphatic rings. The largest absolute Gasteiger partial charge is 0.469 e. The third kappa shape index (κ3) is 17.6. The molecule has 0 aliphatic carbocycles. The molecule has 1 rings (SSSR count). The molecule has 234 valence electrons. The maximum Gasteiger partial charge on any atom is 0.317 e. The average molecular weight is 601 g/mol. The Balaban J connectivity index is 2.59. The van der Waals surface area contributed by atoms with Crippen LogP contribution in [-0.4, -0.2) is 96.8 Å². The van der Waals surface area contributed by atoms with Crippen molar-refractivity contribution in [2.75, 3.05) is 61.0 Å². The van der Waals surface area contributed by atoms with Crippen LogP contribution in [0.2, 0.25) is 0 Å². The first-order valence-corrected chi connectivity index (χ1v) is 12.7. The highest BCUT2D eigenvalue weighted by Crippen LogP contribution is 2.14. The summed E-state index contributed by atoms with van der Waals surface area (Å²) in [6.45, 7) is 0.533. The first-order chi connectivity index (χ1) is 20.2. The topological polar surface area (TPSA) is 185 Å². The summed E-state index contributed by atoms with van der Waals surface area (Å²) in [4.78, 5) is 67.8. The zero-order chi connectivity index (χ0) is 31.2. The molecule has 0 radical (unpaired) electrons. The molecule has 15 nitrogen and oxygen atoms in total. The number of ether oxygens (including phenoxy) is 9. The van der Waals surface area contributed by atoms with Crippen molar-refractivity contribution in [1.29, 1.82) is 0 Å². The number of esters is 6. The maximum atomic E-state index is 11.5. The second kappa shape index (κ2) is 21.6. The van der Waals surface area contributed by atoms with E-state index in [4.69, 9.17) is 28.4 Å². The van der Waals surface area contributed by atoms with E-state index < -0.39 is 55.1 Å². The van der Waals surface area contributed by atoms with Crippen LogP contribution in [0.4, 0.5) is 0 Å². The SMILES string of the molecule is COC(=O)CC(=O)OCCOCc1cc(COCCOC(=O)CC(=O)OC)cc(COCCOC(=O)CC(=O)OC)c1. The van der Waals surface area contributed by atoms with Crippen molar-refractivity contribution in [3.8, 4) is 0 Å². The smallest absolute Gasteiger partial charge is 0.317 e. The standard InChI is InChI=1S/C27H36O15/c1-34-22(28)13-25(31)40-7-4-37-16-19-10-20(17-38-5-8-41-26(32)14-23(29)35-2)12-21(11-19)18-39-6-9-42-27(33)15-24(30)36-3/h10-12H,4-9,13-18H2,1-3H3. The Bertz CT molecular complexity index is 896. The van der Waals surface area contributed by atoms with E-state index in [9.17, 15) is 28.8 Å². The van der Waals surface area contributed by atoms with Gasteiger partial charge in [0.05, 0.1) is 61.0 Å². The van der Waals surface area contributed by atoms with E-state index >= 15 is 0 Å². The van der Waals surface area contributed by atoms with Crippen LogP contribution in [0.5, 0.6) is 0 Å². The highest BCUT2D eigenvalue weighted by Gasteiger charge is 2.12. The van der Waals surface area contributed by atoms with E-state index in [2.05, 4.69) is 14.2 Å². The molecule has 0 N–H and O–H groups in total. The zero-order valence-electron chi connectivity index (χ0n) is 23.8. The molecular formula is C27H36O15. The van der Waals surface area contributed by atoms with Crippen molar-refractivity contribution in [1.82, 2.24) is 0 Å². The minimum Gasteiger partial charge on any atom is -0.469 e. The molecule has 0 fully saturated rings. The van der Waals surface area contributed by atoms with E-state index in [1.165, 1.54) is 21.3 Å². The first kappa shape index (κ1) is 35.9. The van der Waals surface area contributed by atoms with Crippen LogP contribution in [0.15, 0.2) is 18.2 Å². The van der Waals surface area contributed by atoms with E-state index in [1.54, 1.807) is 0 Å². The summed E-state index contributed by atoms with van der Waals surface area (Å²) in [5.41, 5.74) is 2.26. The van der Waals surface area contributed by atoms with Crippen molar-refractivity contribution in [3.63, 3.8) is 0 Å². The van der Waals surface area contributed by atoms with E-state index in [0.717, 1.165) is 16.7 Å². The van der Waals surface area contributed by atoms with Crippen molar-refractivity contribution in [3.05, 3.63) is 34.9 Å². The minimum absolute atomic E-state index is 0.0575. The van der Waals surface area contributed by atoms with Crippen LogP contribution >= 0.6 is 0 Å². The number of rotatable bonds is 21. The highest BCUT2D eigenvalue weighted by atomic mass is 16.6. The number of benzene rings is 1. The lowest BCUT2D eigenvalue weighted by molar-refractivity contribution is -0.155. The third-order valence-electron chi connectivity index (χ3n) is 4.94. The second-order valence-electron chi connectivity index (χ2n) is 8.24. The van der Waals surface area contributed by atoms with E-state index in [1.807, 2.05) is 18.2 Å². The first-order valence-electron chi connectivity index (χ1n) is 12.7. The molecule has 15 heteroatoms. The Morgan fingerprint density at radius 1 is 0.429 bits per heavy atom. The van der Waals surface area contributed by atoms with Gasteiger partial charge in [0.15, 0.2) is 0 Å². The van der Waals surface area contributed by atoms with Gasteiger partial charge in [-0.05, 0) is 16.7 Å². The monoisotopic (exact) mass is 600 g/mol. The van der Waals surface area contributed by atoms with Gasteiger partial charge in [-0.2, -0.15) is 0 Å². The van der Waals surface area contributed by atoms with Crippen LogP contribution in [0.25, 0.3) is 0 Å². The lowest BCUT2D eigenvalue weighted by atomic mass is 10.1. The molecule has 1 aromatic carbocycles. The van der Waals surface area contributed by atoms with E-state index in [0.29, 0.717) is 0 Å². The van der Waals surface area contributed by atoms with Crippen LogP contribution in [-0.2, 0) is 91.2 Å². The third-order valence-corrected chi connectivity index (χ3v) is 4.94. The summed E-state index contributed by atoms with van der Waals surface area (Å²) < 4.78 is 44.6. The molecule has 0 saturated carbocycles.